The summed E-state index contributed by atoms with van der Waals surface area (Å²) in [4.78, 5) is 12.3. The molecule has 4 aliphatic rings. The number of rotatable bonds is 0. The molecule has 0 amide bonds. The van der Waals surface area contributed by atoms with Crippen molar-refractivity contribution in [1.82, 2.24) is 0 Å². The normalized spacial score (nSPS) is 49.1. The number of hydrogen-bond donors (Lipinski definition) is 0. The van der Waals surface area contributed by atoms with E-state index in [-0.39, 0.29) is 5.41 Å². The van der Waals surface area contributed by atoms with Crippen molar-refractivity contribution in [3.8, 4) is 0 Å². The Kier molecular flexibility index (Phi) is 2.69. The second-order valence-electron chi connectivity index (χ2n) is 7.72. The van der Waals surface area contributed by atoms with Crippen molar-refractivity contribution in [2.24, 2.45) is 29.1 Å². The van der Waals surface area contributed by atoms with Crippen LogP contribution in [0.4, 0.5) is 0 Å². The molecule has 0 saturated heterocycles. The van der Waals surface area contributed by atoms with Crippen LogP contribution in [-0.2, 0) is 4.79 Å². The molecule has 4 aliphatic carbocycles. The van der Waals surface area contributed by atoms with Crippen molar-refractivity contribution in [2.45, 2.75) is 64.7 Å². The van der Waals surface area contributed by atoms with E-state index in [1.807, 2.05) is 0 Å². The number of allylic oxidation sites excluding steroid dienone is 2. The first-order chi connectivity index (χ1) is 9.20. The Morgan fingerprint density at radius 3 is 2.89 bits per heavy atom. The minimum absolute atomic E-state index is 0.0567. The topological polar surface area (TPSA) is 17.1 Å². The van der Waals surface area contributed by atoms with Crippen LogP contribution < -0.4 is 0 Å². The van der Waals surface area contributed by atoms with Crippen molar-refractivity contribution < 1.29 is 4.79 Å². The predicted molar refractivity (Wildman–Crippen MR) is 76.7 cm³/mol. The van der Waals surface area contributed by atoms with Crippen LogP contribution in [0.2, 0.25) is 0 Å². The molecule has 0 aromatic heterocycles. The average molecular weight is 258 g/mol. The molecule has 0 N–H and O–H groups in total. The number of carbonyl (C=O) groups is 1. The van der Waals surface area contributed by atoms with Crippen LogP contribution in [0.25, 0.3) is 0 Å². The van der Waals surface area contributed by atoms with Gasteiger partial charge in [-0.15, -0.1) is 0 Å². The first kappa shape index (κ1) is 12.2. The molecule has 0 aliphatic heterocycles. The standard InChI is InChI=1S/C18H26O/c1-18-11-10-14-13-5-3-2-4-12(13)6-7-15(14)16(18)8-9-17(18)19/h6,13-16H,2-5,7-11H2,1H3/t13-,14+,15+,16-,18-/m0/s1. The Bertz CT molecular complexity index is 435. The number of Topliss-reactive ketones (excluding diaryl/α,β-unsaturated/α-hetero) is 1. The van der Waals surface area contributed by atoms with Crippen molar-refractivity contribution in [3.63, 3.8) is 0 Å². The summed E-state index contributed by atoms with van der Waals surface area (Å²) >= 11 is 0. The summed E-state index contributed by atoms with van der Waals surface area (Å²) in [5, 5.41) is 0. The van der Waals surface area contributed by atoms with E-state index in [4.69, 9.17) is 0 Å². The highest BCUT2D eigenvalue weighted by atomic mass is 16.1. The fraction of sp³-hybridized carbons (Fsp3) is 0.833. The minimum Gasteiger partial charge on any atom is -0.299 e. The summed E-state index contributed by atoms with van der Waals surface area (Å²) in [6.07, 6.45) is 14.1. The zero-order valence-electron chi connectivity index (χ0n) is 12.2. The molecule has 3 fully saturated rings. The minimum atomic E-state index is 0.0567. The Balaban J connectivity index is 1.66. The number of hydrogen-bond acceptors (Lipinski definition) is 1. The molecule has 1 heteroatoms. The zero-order valence-corrected chi connectivity index (χ0v) is 12.2. The van der Waals surface area contributed by atoms with Crippen molar-refractivity contribution in [3.05, 3.63) is 11.6 Å². The third-order valence-corrected chi connectivity index (χ3v) is 7.08. The second-order valence-corrected chi connectivity index (χ2v) is 7.72. The van der Waals surface area contributed by atoms with Crippen LogP contribution in [0.3, 0.4) is 0 Å². The van der Waals surface area contributed by atoms with Gasteiger partial charge in [-0.1, -0.05) is 25.0 Å². The fourth-order valence-electron chi connectivity index (χ4n) is 6.02. The van der Waals surface area contributed by atoms with E-state index >= 15 is 0 Å². The summed E-state index contributed by atoms with van der Waals surface area (Å²) < 4.78 is 0. The van der Waals surface area contributed by atoms with Gasteiger partial charge in [-0.3, -0.25) is 4.79 Å². The third kappa shape index (κ3) is 1.63. The maximum atomic E-state index is 12.3. The molecule has 0 bridgehead atoms. The third-order valence-electron chi connectivity index (χ3n) is 7.08. The number of fused-ring (bicyclic) bond motifs is 5. The summed E-state index contributed by atoms with van der Waals surface area (Å²) in [5.41, 5.74) is 1.85. The molecule has 4 rings (SSSR count). The van der Waals surface area contributed by atoms with E-state index in [9.17, 15) is 4.79 Å². The van der Waals surface area contributed by atoms with Crippen molar-refractivity contribution >= 4 is 5.78 Å². The van der Waals surface area contributed by atoms with Gasteiger partial charge >= 0.3 is 0 Å². The fourth-order valence-corrected chi connectivity index (χ4v) is 6.02. The van der Waals surface area contributed by atoms with Gasteiger partial charge in [0.15, 0.2) is 0 Å². The summed E-state index contributed by atoms with van der Waals surface area (Å²) in [7, 11) is 0. The number of carbonyl (C=O) groups excluding carboxylic acids is 1. The highest BCUT2D eigenvalue weighted by Gasteiger charge is 2.55. The monoisotopic (exact) mass is 258 g/mol. The maximum absolute atomic E-state index is 12.3. The van der Waals surface area contributed by atoms with Gasteiger partial charge in [0.2, 0.25) is 0 Å². The summed E-state index contributed by atoms with van der Waals surface area (Å²) in [6.45, 7) is 2.28. The first-order valence-electron chi connectivity index (χ1n) is 8.42. The van der Waals surface area contributed by atoms with Gasteiger partial charge in [0.25, 0.3) is 0 Å². The van der Waals surface area contributed by atoms with E-state index in [1.54, 1.807) is 5.57 Å². The molecule has 5 atom stereocenters. The average Bonchev–Trinajstić information content (AvgIpc) is 2.75. The molecular formula is C18H26O. The molecule has 0 aromatic rings. The molecule has 104 valence electrons. The van der Waals surface area contributed by atoms with Crippen LogP contribution in [0, 0.1) is 29.1 Å². The highest BCUT2D eigenvalue weighted by molar-refractivity contribution is 5.87. The molecule has 0 radical (unpaired) electrons. The van der Waals surface area contributed by atoms with E-state index in [1.165, 1.54) is 51.4 Å². The van der Waals surface area contributed by atoms with Gasteiger partial charge in [-0.2, -0.15) is 0 Å². The second kappa shape index (κ2) is 4.20. The highest BCUT2D eigenvalue weighted by Crippen LogP contribution is 2.59. The van der Waals surface area contributed by atoms with E-state index < -0.39 is 0 Å². The van der Waals surface area contributed by atoms with Crippen LogP contribution in [0.15, 0.2) is 11.6 Å². The summed E-state index contributed by atoms with van der Waals surface area (Å²) in [6, 6.07) is 0. The molecule has 0 heterocycles. The van der Waals surface area contributed by atoms with Crippen molar-refractivity contribution in [1.29, 1.82) is 0 Å². The Labute approximate surface area is 116 Å². The van der Waals surface area contributed by atoms with Crippen LogP contribution in [-0.4, -0.2) is 5.78 Å². The quantitative estimate of drug-likeness (QED) is 0.584. The van der Waals surface area contributed by atoms with E-state index in [0.29, 0.717) is 11.7 Å². The summed E-state index contributed by atoms with van der Waals surface area (Å²) in [5.74, 6) is 3.93. The molecule has 19 heavy (non-hydrogen) atoms. The van der Waals surface area contributed by atoms with Gasteiger partial charge in [-0.05, 0) is 68.6 Å². The Hall–Kier alpha value is -0.590. The molecule has 1 nitrogen and oxygen atoms in total. The Morgan fingerprint density at radius 1 is 1.11 bits per heavy atom. The lowest BCUT2D eigenvalue weighted by Gasteiger charge is -2.51. The SMILES string of the molecule is C[C@]12CC[C@H]3[C@@H](CC=C4CCCC[C@@H]43)[C@@H]1CCC2=O. The first-order valence-corrected chi connectivity index (χ1v) is 8.42. The van der Waals surface area contributed by atoms with Crippen molar-refractivity contribution in [2.75, 3.05) is 0 Å². The molecular weight excluding hydrogens is 232 g/mol. The molecule has 0 unspecified atom stereocenters. The van der Waals surface area contributed by atoms with Gasteiger partial charge in [0.1, 0.15) is 5.78 Å². The van der Waals surface area contributed by atoms with Crippen LogP contribution in [0.1, 0.15) is 64.7 Å². The van der Waals surface area contributed by atoms with Gasteiger partial charge < -0.3 is 0 Å². The van der Waals surface area contributed by atoms with E-state index in [2.05, 4.69) is 13.0 Å². The Morgan fingerprint density at radius 2 is 2.00 bits per heavy atom. The molecule has 3 saturated carbocycles. The lowest BCUT2D eigenvalue weighted by atomic mass is 9.53. The van der Waals surface area contributed by atoms with Gasteiger partial charge in [0, 0.05) is 11.8 Å². The van der Waals surface area contributed by atoms with Gasteiger partial charge in [0.05, 0.1) is 0 Å². The van der Waals surface area contributed by atoms with E-state index in [0.717, 1.165) is 24.2 Å². The lowest BCUT2D eigenvalue weighted by molar-refractivity contribution is -0.130. The lowest BCUT2D eigenvalue weighted by Crippen LogP contribution is -2.45. The largest absolute Gasteiger partial charge is 0.299 e. The predicted octanol–water partition coefficient (Wildman–Crippen LogP) is 4.52. The smallest absolute Gasteiger partial charge is 0.139 e. The number of ketones is 1. The zero-order chi connectivity index (χ0) is 13.0. The molecule has 0 aromatic carbocycles. The molecule has 0 spiro atoms. The van der Waals surface area contributed by atoms with Gasteiger partial charge in [-0.25, -0.2) is 0 Å². The maximum Gasteiger partial charge on any atom is 0.139 e. The van der Waals surface area contributed by atoms with Crippen LogP contribution >= 0.6 is 0 Å². The van der Waals surface area contributed by atoms with Crippen LogP contribution in [0.5, 0.6) is 0 Å².